The summed E-state index contributed by atoms with van der Waals surface area (Å²) in [4.78, 5) is 18.3. The molecule has 1 amide bonds. The van der Waals surface area contributed by atoms with Crippen molar-refractivity contribution < 1.29 is 4.79 Å². The summed E-state index contributed by atoms with van der Waals surface area (Å²) in [7, 11) is 0. The topological polar surface area (TPSA) is 56.7 Å². The minimum absolute atomic E-state index is 0. The summed E-state index contributed by atoms with van der Waals surface area (Å²) in [5.41, 5.74) is 0. The number of rotatable bonds is 11. The van der Waals surface area contributed by atoms with E-state index in [1.54, 1.807) is 0 Å². The summed E-state index contributed by atoms with van der Waals surface area (Å²) in [6.07, 6.45) is 7.74. The van der Waals surface area contributed by atoms with E-state index in [9.17, 15) is 4.79 Å². The van der Waals surface area contributed by atoms with Crippen molar-refractivity contribution >= 4 is 35.8 Å². The van der Waals surface area contributed by atoms with Crippen molar-refractivity contribution in [2.24, 2.45) is 10.9 Å². The van der Waals surface area contributed by atoms with Gasteiger partial charge < -0.3 is 15.5 Å². The Hall–Kier alpha value is -0.530. The van der Waals surface area contributed by atoms with Gasteiger partial charge in [0.2, 0.25) is 5.91 Å². The van der Waals surface area contributed by atoms with E-state index in [2.05, 4.69) is 31.4 Å². The number of halogens is 1. The van der Waals surface area contributed by atoms with Crippen LogP contribution < -0.4 is 10.6 Å². The number of likely N-dealkylation sites (tertiary alicyclic amines) is 1. The van der Waals surface area contributed by atoms with Crippen molar-refractivity contribution in [3.05, 3.63) is 0 Å². The number of amides is 1. The molecular formula is C18H37IN4O. The Morgan fingerprint density at radius 1 is 1.25 bits per heavy atom. The predicted octanol–water partition coefficient (Wildman–Crippen LogP) is 3.39. The SMILES string of the molecule is CCCCC(CC)CN=C(NCC)NCCCN1CCCC1=O.I. The van der Waals surface area contributed by atoms with E-state index >= 15 is 0 Å². The van der Waals surface area contributed by atoms with Gasteiger partial charge in [-0.3, -0.25) is 9.79 Å². The second-order valence-corrected chi connectivity index (χ2v) is 6.40. The van der Waals surface area contributed by atoms with E-state index in [0.717, 1.165) is 57.9 Å². The van der Waals surface area contributed by atoms with Gasteiger partial charge >= 0.3 is 0 Å². The van der Waals surface area contributed by atoms with Gasteiger partial charge in [0, 0.05) is 39.1 Å². The third kappa shape index (κ3) is 9.69. The van der Waals surface area contributed by atoms with Gasteiger partial charge in [-0.05, 0) is 32.1 Å². The van der Waals surface area contributed by atoms with Crippen LogP contribution in [0.3, 0.4) is 0 Å². The molecule has 1 heterocycles. The van der Waals surface area contributed by atoms with Crippen molar-refractivity contribution in [1.29, 1.82) is 0 Å². The first-order valence-corrected chi connectivity index (χ1v) is 9.51. The molecular weight excluding hydrogens is 415 g/mol. The Balaban J connectivity index is 0.00000529. The van der Waals surface area contributed by atoms with Crippen LogP contribution in [-0.4, -0.2) is 49.5 Å². The number of hydrogen-bond acceptors (Lipinski definition) is 2. The van der Waals surface area contributed by atoms with Crippen LogP contribution in [0.5, 0.6) is 0 Å². The molecule has 24 heavy (non-hydrogen) atoms. The summed E-state index contributed by atoms with van der Waals surface area (Å²) in [6, 6.07) is 0. The Morgan fingerprint density at radius 2 is 2.04 bits per heavy atom. The molecule has 0 radical (unpaired) electrons. The van der Waals surface area contributed by atoms with Gasteiger partial charge in [-0.15, -0.1) is 24.0 Å². The summed E-state index contributed by atoms with van der Waals surface area (Å²) >= 11 is 0. The van der Waals surface area contributed by atoms with Crippen LogP contribution in [0.25, 0.3) is 0 Å². The van der Waals surface area contributed by atoms with Crippen molar-refractivity contribution in [2.75, 3.05) is 32.7 Å². The molecule has 1 rings (SSSR count). The van der Waals surface area contributed by atoms with E-state index < -0.39 is 0 Å². The third-order valence-corrected chi connectivity index (χ3v) is 4.46. The van der Waals surface area contributed by atoms with Gasteiger partial charge in [-0.25, -0.2) is 0 Å². The lowest BCUT2D eigenvalue weighted by molar-refractivity contribution is -0.127. The minimum Gasteiger partial charge on any atom is -0.357 e. The average molecular weight is 452 g/mol. The summed E-state index contributed by atoms with van der Waals surface area (Å²) < 4.78 is 0. The molecule has 1 aliphatic heterocycles. The Bertz CT molecular complexity index is 363. The number of guanidine groups is 1. The van der Waals surface area contributed by atoms with Crippen LogP contribution in [-0.2, 0) is 4.79 Å². The van der Waals surface area contributed by atoms with Crippen LogP contribution in [0.15, 0.2) is 4.99 Å². The second-order valence-electron chi connectivity index (χ2n) is 6.40. The van der Waals surface area contributed by atoms with Gasteiger partial charge in [-0.2, -0.15) is 0 Å². The predicted molar refractivity (Wildman–Crippen MR) is 113 cm³/mol. The molecule has 0 spiro atoms. The van der Waals surface area contributed by atoms with Gasteiger partial charge in [-0.1, -0.05) is 33.1 Å². The highest BCUT2D eigenvalue weighted by Crippen LogP contribution is 2.12. The van der Waals surface area contributed by atoms with Gasteiger partial charge in [0.05, 0.1) is 0 Å². The maximum absolute atomic E-state index is 11.6. The molecule has 1 fully saturated rings. The third-order valence-electron chi connectivity index (χ3n) is 4.46. The number of unbranched alkanes of at least 4 members (excludes halogenated alkanes) is 1. The normalized spacial score (nSPS) is 16.0. The number of nitrogens with zero attached hydrogens (tertiary/aromatic N) is 2. The fourth-order valence-corrected chi connectivity index (χ4v) is 2.90. The van der Waals surface area contributed by atoms with Crippen LogP contribution in [0.2, 0.25) is 0 Å². The van der Waals surface area contributed by atoms with Crippen molar-refractivity contribution in [3.63, 3.8) is 0 Å². The maximum Gasteiger partial charge on any atom is 0.222 e. The van der Waals surface area contributed by atoms with E-state index in [0.29, 0.717) is 11.8 Å². The zero-order valence-corrected chi connectivity index (χ0v) is 18.1. The highest BCUT2D eigenvalue weighted by atomic mass is 127. The number of hydrogen-bond donors (Lipinski definition) is 2. The summed E-state index contributed by atoms with van der Waals surface area (Å²) in [6.45, 7) is 11.0. The monoisotopic (exact) mass is 452 g/mol. The van der Waals surface area contributed by atoms with Crippen LogP contribution in [0.1, 0.15) is 65.7 Å². The van der Waals surface area contributed by atoms with Gasteiger partial charge in [0.15, 0.2) is 5.96 Å². The summed E-state index contributed by atoms with van der Waals surface area (Å²) in [5.74, 6) is 1.91. The summed E-state index contributed by atoms with van der Waals surface area (Å²) in [5, 5.41) is 6.71. The fourth-order valence-electron chi connectivity index (χ4n) is 2.90. The highest BCUT2D eigenvalue weighted by Gasteiger charge is 2.18. The molecule has 0 aromatic heterocycles. The molecule has 0 aromatic carbocycles. The molecule has 0 aliphatic carbocycles. The van der Waals surface area contributed by atoms with Crippen molar-refractivity contribution in [1.82, 2.24) is 15.5 Å². The van der Waals surface area contributed by atoms with Crippen LogP contribution in [0.4, 0.5) is 0 Å². The first kappa shape index (κ1) is 23.5. The lowest BCUT2D eigenvalue weighted by Gasteiger charge is -2.17. The van der Waals surface area contributed by atoms with E-state index in [1.807, 2.05) is 4.90 Å². The molecule has 1 atom stereocenters. The van der Waals surface area contributed by atoms with Gasteiger partial charge in [0.1, 0.15) is 0 Å². The fraction of sp³-hybridized carbons (Fsp3) is 0.889. The molecule has 1 saturated heterocycles. The number of nitrogens with one attached hydrogen (secondary N) is 2. The minimum atomic E-state index is 0. The number of carbonyl (C=O) groups is 1. The van der Waals surface area contributed by atoms with Crippen LogP contribution in [0, 0.1) is 5.92 Å². The van der Waals surface area contributed by atoms with Crippen molar-refractivity contribution in [3.8, 4) is 0 Å². The molecule has 1 aliphatic rings. The van der Waals surface area contributed by atoms with E-state index in [1.165, 1.54) is 25.7 Å². The zero-order valence-electron chi connectivity index (χ0n) is 15.8. The Labute approximate surface area is 165 Å². The molecule has 0 bridgehead atoms. The molecule has 1 unspecified atom stereocenters. The molecule has 0 saturated carbocycles. The molecule has 5 nitrogen and oxygen atoms in total. The Morgan fingerprint density at radius 3 is 2.62 bits per heavy atom. The van der Waals surface area contributed by atoms with Gasteiger partial charge in [0.25, 0.3) is 0 Å². The molecule has 142 valence electrons. The highest BCUT2D eigenvalue weighted by molar-refractivity contribution is 14.0. The number of carbonyl (C=O) groups excluding carboxylic acids is 1. The smallest absolute Gasteiger partial charge is 0.222 e. The average Bonchev–Trinajstić information content (AvgIpc) is 2.96. The molecule has 0 aromatic rings. The maximum atomic E-state index is 11.6. The van der Waals surface area contributed by atoms with Crippen LogP contribution >= 0.6 is 24.0 Å². The lowest BCUT2D eigenvalue weighted by Crippen LogP contribution is -2.39. The second kappa shape index (κ2) is 14.8. The van der Waals surface area contributed by atoms with E-state index in [4.69, 9.17) is 4.99 Å². The van der Waals surface area contributed by atoms with E-state index in [-0.39, 0.29) is 24.0 Å². The number of aliphatic imine (C=N–C) groups is 1. The first-order chi connectivity index (χ1) is 11.2. The Kier molecular flexibility index (Phi) is 14.5. The standard InChI is InChI=1S/C18H36N4O.HI/c1-4-7-10-16(5-2)15-21-18(19-6-3)20-12-9-14-22-13-8-11-17(22)23;/h16H,4-15H2,1-3H3,(H2,19,20,21);1H. The first-order valence-electron chi connectivity index (χ1n) is 9.51. The lowest BCUT2D eigenvalue weighted by atomic mass is 10.00. The van der Waals surface area contributed by atoms with Crippen molar-refractivity contribution in [2.45, 2.75) is 65.7 Å². The zero-order chi connectivity index (χ0) is 16.9. The molecule has 6 heteroatoms. The largest absolute Gasteiger partial charge is 0.357 e. The quantitative estimate of drug-likeness (QED) is 0.219. The molecule has 2 N–H and O–H groups in total.